The van der Waals surface area contributed by atoms with E-state index in [2.05, 4.69) is 15.6 Å². The van der Waals surface area contributed by atoms with Gasteiger partial charge in [0, 0.05) is 0 Å². The molecule has 0 spiro atoms. The number of hydrogen-bond donors (Lipinski definition) is 2. The molecule has 0 fully saturated rings. The molecular formula is C13H14Cl2N4O2. The molecule has 1 amide bonds. The van der Waals surface area contributed by atoms with Crippen LogP contribution in [0.1, 0.15) is 19.5 Å². The van der Waals surface area contributed by atoms with Gasteiger partial charge in [0.2, 0.25) is 5.91 Å². The van der Waals surface area contributed by atoms with Gasteiger partial charge in [0.1, 0.15) is 17.8 Å². The number of aliphatic hydroxyl groups is 1. The van der Waals surface area contributed by atoms with Gasteiger partial charge in [-0.2, -0.15) is 0 Å². The highest BCUT2D eigenvalue weighted by atomic mass is 35.5. The van der Waals surface area contributed by atoms with E-state index >= 15 is 0 Å². The molecule has 2 N–H and O–H groups in total. The Bertz CT molecular complexity index is 644. The molecule has 0 aliphatic carbocycles. The summed E-state index contributed by atoms with van der Waals surface area (Å²) in [6.07, 6.45) is 1.51. The van der Waals surface area contributed by atoms with Gasteiger partial charge in [0.05, 0.1) is 21.9 Å². The van der Waals surface area contributed by atoms with Crippen LogP contribution in [0.5, 0.6) is 0 Å². The zero-order chi connectivity index (χ0) is 15.6. The molecule has 6 nitrogen and oxygen atoms in total. The number of benzene rings is 1. The summed E-state index contributed by atoms with van der Waals surface area (Å²) in [5.41, 5.74) is -0.374. The number of amides is 1. The third-order valence-corrected chi connectivity index (χ3v) is 3.33. The lowest BCUT2D eigenvalue weighted by Gasteiger charge is -2.12. The van der Waals surface area contributed by atoms with Gasteiger partial charge in [-0.25, -0.2) is 4.68 Å². The van der Waals surface area contributed by atoms with Crippen molar-refractivity contribution in [3.05, 3.63) is 40.1 Å². The molecule has 1 aromatic carbocycles. The van der Waals surface area contributed by atoms with E-state index < -0.39 is 5.60 Å². The van der Waals surface area contributed by atoms with Crippen molar-refractivity contribution in [3.8, 4) is 0 Å². The highest BCUT2D eigenvalue weighted by molar-refractivity contribution is 6.39. The number of carbonyl (C=O) groups excluding carboxylic acids is 1. The van der Waals surface area contributed by atoms with Crippen molar-refractivity contribution >= 4 is 34.8 Å². The molecule has 2 aromatic rings. The van der Waals surface area contributed by atoms with Gasteiger partial charge < -0.3 is 10.4 Å². The monoisotopic (exact) mass is 328 g/mol. The van der Waals surface area contributed by atoms with Crippen LogP contribution in [-0.2, 0) is 16.9 Å². The number of anilines is 1. The molecule has 0 atom stereocenters. The molecular weight excluding hydrogens is 315 g/mol. The zero-order valence-corrected chi connectivity index (χ0v) is 13.0. The third kappa shape index (κ3) is 3.93. The van der Waals surface area contributed by atoms with Gasteiger partial charge >= 0.3 is 0 Å². The first-order valence-electron chi connectivity index (χ1n) is 6.14. The lowest BCUT2D eigenvalue weighted by atomic mass is 10.1. The van der Waals surface area contributed by atoms with Crippen LogP contribution in [0.4, 0.5) is 5.69 Å². The number of rotatable bonds is 4. The number of nitrogens with one attached hydrogen (secondary N) is 1. The Hall–Kier alpha value is -1.63. The standard InChI is InChI=1S/C13H14Cl2N4O2/c1-13(2,21)10-6-19(18-17-10)7-11(20)16-12-8(14)4-3-5-9(12)15/h3-6,21H,7H2,1-2H3,(H,16,20). The number of para-hydroxylation sites is 1. The van der Waals surface area contributed by atoms with Crippen LogP contribution in [0, 0.1) is 0 Å². The van der Waals surface area contributed by atoms with E-state index in [1.54, 1.807) is 32.0 Å². The predicted octanol–water partition coefficient (Wildman–Crippen LogP) is 2.45. The molecule has 1 heterocycles. The van der Waals surface area contributed by atoms with Crippen molar-refractivity contribution in [2.45, 2.75) is 26.0 Å². The predicted molar refractivity (Wildman–Crippen MR) is 80.4 cm³/mol. The highest BCUT2D eigenvalue weighted by Gasteiger charge is 2.20. The lowest BCUT2D eigenvalue weighted by molar-refractivity contribution is -0.116. The van der Waals surface area contributed by atoms with E-state index in [4.69, 9.17) is 23.2 Å². The Morgan fingerprint density at radius 2 is 2.00 bits per heavy atom. The number of aromatic nitrogens is 3. The van der Waals surface area contributed by atoms with Crippen molar-refractivity contribution in [2.75, 3.05) is 5.32 Å². The molecule has 2 rings (SSSR count). The molecule has 0 unspecified atom stereocenters. The molecule has 0 aliphatic rings. The topological polar surface area (TPSA) is 80.0 Å². The van der Waals surface area contributed by atoms with Gasteiger partial charge in [0.15, 0.2) is 0 Å². The van der Waals surface area contributed by atoms with E-state index in [-0.39, 0.29) is 12.5 Å². The summed E-state index contributed by atoms with van der Waals surface area (Å²) in [4.78, 5) is 12.0. The van der Waals surface area contributed by atoms with E-state index in [1.807, 2.05) is 0 Å². The van der Waals surface area contributed by atoms with Crippen LogP contribution in [-0.4, -0.2) is 26.0 Å². The number of hydrogen-bond acceptors (Lipinski definition) is 4. The van der Waals surface area contributed by atoms with Gasteiger partial charge in [0.25, 0.3) is 0 Å². The van der Waals surface area contributed by atoms with Crippen LogP contribution in [0.2, 0.25) is 10.0 Å². The van der Waals surface area contributed by atoms with Gasteiger partial charge in [-0.3, -0.25) is 4.79 Å². The zero-order valence-electron chi connectivity index (χ0n) is 11.5. The summed E-state index contributed by atoms with van der Waals surface area (Å²) in [7, 11) is 0. The minimum absolute atomic E-state index is 0.0648. The van der Waals surface area contributed by atoms with E-state index in [9.17, 15) is 9.90 Å². The normalized spacial score (nSPS) is 11.5. The Labute approximate surface area is 131 Å². The quantitative estimate of drug-likeness (QED) is 0.903. The molecule has 0 bridgehead atoms. The first-order valence-corrected chi connectivity index (χ1v) is 6.90. The second-order valence-corrected chi connectivity index (χ2v) is 5.82. The smallest absolute Gasteiger partial charge is 0.246 e. The third-order valence-electron chi connectivity index (χ3n) is 2.70. The second kappa shape index (κ2) is 6.01. The molecule has 112 valence electrons. The SMILES string of the molecule is CC(C)(O)c1cn(CC(=O)Nc2c(Cl)cccc2Cl)nn1. The summed E-state index contributed by atoms with van der Waals surface area (Å²) < 4.78 is 1.33. The molecule has 0 saturated carbocycles. The van der Waals surface area contributed by atoms with Gasteiger partial charge in [-0.15, -0.1) is 5.10 Å². The average Bonchev–Trinajstić information content (AvgIpc) is 2.82. The highest BCUT2D eigenvalue weighted by Crippen LogP contribution is 2.29. The molecule has 8 heteroatoms. The maximum Gasteiger partial charge on any atom is 0.246 e. The van der Waals surface area contributed by atoms with Crippen LogP contribution >= 0.6 is 23.2 Å². The number of halogens is 2. The van der Waals surface area contributed by atoms with Crippen molar-refractivity contribution in [1.82, 2.24) is 15.0 Å². The molecule has 0 saturated heterocycles. The molecule has 1 aromatic heterocycles. The fourth-order valence-corrected chi connectivity index (χ4v) is 2.09. The van der Waals surface area contributed by atoms with Gasteiger partial charge in [-0.1, -0.05) is 34.5 Å². The average molecular weight is 329 g/mol. The fourth-order valence-electron chi connectivity index (χ4n) is 1.60. The largest absolute Gasteiger partial charge is 0.384 e. The van der Waals surface area contributed by atoms with Crippen molar-refractivity contribution in [2.24, 2.45) is 0 Å². The number of carbonyl (C=O) groups is 1. The van der Waals surface area contributed by atoms with Gasteiger partial charge in [-0.05, 0) is 26.0 Å². The second-order valence-electron chi connectivity index (χ2n) is 5.01. The molecule has 0 aliphatic heterocycles. The first kappa shape index (κ1) is 15.8. The van der Waals surface area contributed by atoms with E-state index in [0.717, 1.165) is 0 Å². The first-order chi connectivity index (χ1) is 9.77. The maximum absolute atomic E-state index is 12.0. The fraction of sp³-hybridized carbons (Fsp3) is 0.308. The Kier molecular flexibility index (Phi) is 4.51. The minimum Gasteiger partial charge on any atom is -0.384 e. The minimum atomic E-state index is -1.11. The summed E-state index contributed by atoms with van der Waals surface area (Å²) >= 11 is 11.9. The summed E-state index contributed by atoms with van der Waals surface area (Å²) in [6, 6.07) is 4.95. The van der Waals surface area contributed by atoms with Crippen LogP contribution in [0.25, 0.3) is 0 Å². The van der Waals surface area contributed by atoms with Crippen molar-refractivity contribution in [3.63, 3.8) is 0 Å². The van der Waals surface area contributed by atoms with Crippen molar-refractivity contribution < 1.29 is 9.90 Å². The summed E-state index contributed by atoms with van der Waals surface area (Å²) in [6.45, 7) is 3.11. The maximum atomic E-state index is 12.0. The van der Waals surface area contributed by atoms with Crippen LogP contribution in [0.3, 0.4) is 0 Å². The van der Waals surface area contributed by atoms with E-state index in [0.29, 0.717) is 21.4 Å². The van der Waals surface area contributed by atoms with E-state index in [1.165, 1.54) is 10.9 Å². The lowest BCUT2D eigenvalue weighted by Crippen LogP contribution is -2.20. The Morgan fingerprint density at radius 3 is 2.52 bits per heavy atom. The Morgan fingerprint density at radius 1 is 1.38 bits per heavy atom. The molecule has 21 heavy (non-hydrogen) atoms. The molecule has 0 radical (unpaired) electrons. The summed E-state index contributed by atoms with van der Waals surface area (Å²) in [5, 5.41) is 20.7. The summed E-state index contributed by atoms with van der Waals surface area (Å²) in [5.74, 6) is -0.350. The Balaban J connectivity index is 2.07. The van der Waals surface area contributed by atoms with Crippen LogP contribution < -0.4 is 5.32 Å². The van der Waals surface area contributed by atoms with Crippen LogP contribution in [0.15, 0.2) is 24.4 Å². The van der Waals surface area contributed by atoms with Crippen molar-refractivity contribution in [1.29, 1.82) is 0 Å². The number of nitrogens with zero attached hydrogens (tertiary/aromatic N) is 3.